The maximum absolute atomic E-state index is 15.0. The van der Waals surface area contributed by atoms with E-state index in [4.69, 9.17) is 8.85 Å². The van der Waals surface area contributed by atoms with Gasteiger partial charge in [0.15, 0.2) is 16.6 Å². The molecule has 41 heavy (non-hydrogen) atoms. The van der Waals surface area contributed by atoms with E-state index >= 15 is 4.79 Å². The lowest BCUT2D eigenvalue weighted by molar-refractivity contribution is -0.141. The quantitative estimate of drug-likeness (QED) is 0.216. The number of rotatable bonds is 9. The van der Waals surface area contributed by atoms with Crippen LogP contribution in [0, 0.1) is 5.41 Å². The van der Waals surface area contributed by atoms with Crippen LogP contribution in [0.25, 0.3) is 0 Å². The molecule has 0 saturated carbocycles. The molecule has 0 bridgehead atoms. The predicted octanol–water partition coefficient (Wildman–Crippen LogP) is 8.71. The molecule has 1 saturated heterocycles. The molecule has 1 aliphatic carbocycles. The highest BCUT2D eigenvalue weighted by Crippen LogP contribution is 2.51. The second-order valence-electron chi connectivity index (χ2n) is 15.4. The molecule has 2 aromatic rings. The summed E-state index contributed by atoms with van der Waals surface area (Å²) < 4.78 is 14.4. The van der Waals surface area contributed by atoms with Crippen molar-refractivity contribution >= 4 is 22.5 Å². The Balaban J connectivity index is 1.82. The first-order valence-corrected chi connectivity index (χ1v) is 21.1. The minimum Gasteiger partial charge on any atom is -0.411 e. The lowest BCUT2D eigenvalue weighted by Gasteiger charge is -2.42. The molecule has 2 aromatic carbocycles. The van der Waals surface area contributed by atoms with E-state index in [-0.39, 0.29) is 34.2 Å². The molecule has 0 spiro atoms. The molecular weight excluding hydrogens is 539 g/mol. The van der Waals surface area contributed by atoms with E-state index in [2.05, 4.69) is 128 Å². The summed E-state index contributed by atoms with van der Waals surface area (Å²) in [4.78, 5) is 17.2. The van der Waals surface area contributed by atoms with E-state index in [1.165, 1.54) is 11.1 Å². The van der Waals surface area contributed by atoms with Crippen LogP contribution >= 0.6 is 0 Å². The third-order valence-corrected chi connectivity index (χ3v) is 19.5. The normalized spacial score (nSPS) is 25.5. The molecule has 4 nitrogen and oxygen atoms in total. The van der Waals surface area contributed by atoms with Gasteiger partial charge in [-0.05, 0) is 65.8 Å². The maximum atomic E-state index is 15.0. The van der Waals surface area contributed by atoms with Gasteiger partial charge in [-0.3, -0.25) is 4.79 Å². The lowest BCUT2D eigenvalue weighted by atomic mass is 9.75. The SMILES string of the molecule is C=CC[C@@]1(Cc2ccccc2)C(=O)N([C@H]2c3ccccc3C[C@H]2O[Si](C)(C)C(C)(C)C)C[C@@H]1O[Si](C)(C)C(C)(C)C. The molecule has 1 aliphatic heterocycles. The summed E-state index contributed by atoms with van der Waals surface area (Å²) >= 11 is 0. The fourth-order valence-electron chi connectivity index (χ4n) is 6.05. The molecule has 4 rings (SSSR count). The van der Waals surface area contributed by atoms with Crippen molar-refractivity contribution in [2.45, 2.75) is 115 Å². The zero-order chi connectivity index (χ0) is 30.4. The molecule has 0 radical (unpaired) electrons. The van der Waals surface area contributed by atoms with Gasteiger partial charge in [0.25, 0.3) is 0 Å². The van der Waals surface area contributed by atoms with Gasteiger partial charge < -0.3 is 13.8 Å². The second kappa shape index (κ2) is 11.3. The molecule has 1 fully saturated rings. The molecule has 224 valence electrons. The van der Waals surface area contributed by atoms with Crippen molar-refractivity contribution in [1.82, 2.24) is 4.90 Å². The van der Waals surface area contributed by atoms with Gasteiger partial charge in [-0.1, -0.05) is 102 Å². The van der Waals surface area contributed by atoms with Gasteiger partial charge >= 0.3 is 0 Å². The number of hydrogen-bond donors (Lipinski definition) is 0. The number of amides is 1. The Hall–Kier alpha value is -2.00. The molecule has 0 unspecified atom stereocenters. The van der Waals surface area contributed by atoms with Crippen LogP contribution in [-0.2, 0) is 26.5 Å². The second-order valence-corrected chi connectivity index (χ2v) is 24.9. The Morgan fingerprint density at radius 1 is 0.902 bits per heavy atom. The van der Waals surface area contributed by atoms with Crippen LogP contribution in [0.2, 0.25) is 36.3 Å². The highest BCUT2D eigenvalue weighted by molar-refractivity contribution is 6.74. The Kier molecular flexibility index (Phi) is 8.76. The summed E-state index contributed by atoms with van der Waals surface area (Å²) in [6.07, 6.45) is 3.68. The van der Waals surface area contributed by atoms with Gasteiger partial charge in [0, 0.05) is 13.0 Å². The number of fused-ring (bicyclic) bond motifs is 1. The Bertz CT molecular complexity index is 1240. The van der Waals surface area contributed by atoms with Crippen LogP contribution in [0.1, 0.15) is 70.7 Å². The van der Waals surface area contributed by atoms with Crippen molar-refractivity contribution in [3.8, 4) is 0 Å². The summed E-state index contributed by atoms with van der Waals surface area (Å²) in [5.41, 5.74) is 2.97. The first kappa shape index (κ1) is 31.9. The molecule has 2 aliphatic rings. The minimum atomic E-state index is -2.19. The summed E-state index contributed by atoms with van der Waals surface area (Å²) in [6.45, 7) is 27.6. The molecule has 4 atom stereocenters. The van der Waals surface area contributed by atoms with Crippen LogP contribution < -0.4 is 0 Å². The minimum absolute atomic E-state index is 0.0318. The Labute approximate surface area is 251 Å². The van der Waals surface area contributed by atoms with Crippen LogP contribution in [0.4, 0.5) is 0 Å². The number of likely N-dealkylation sites (tertiary alicyclic amines) is 1. The van der Waals surface area contributed by atoms with E-state index in [0.717, 1.165) is 12.0 Å². The first-order chi connectivity index (χ1) is 18.9. The monoisotopic (exact) mass is 591 g/mol. The molecule has 6 heteroatoms. The van der Waals surface area contributed by atoms with Crippen LogP contribution in [-0.4, -0.2) is 46.2 Å². The number of carbonyl (C=O) groups excluding carboxylic acids is 1. The van der Waals surface area contributed by atoms with Crippen molar-refractivity contribution in [2.75, 3.05) is 6.54 Å². The summed E-state index contributed by atoms with van der Waals surface area (Å²) in [5, 5.41) is 0.110. The predicted molar refractivity (Wildman–Crippen MR) is 176 cm³/mol. The van der Waals surface area contributed by atoms with E-state index in [1.807, 2.05) is 12.1 Å². The van der Waals surface area contributed by atoms with Gasteiger partial charge in [-0.2, -0.15) is 0 Å². The van der Waals surface area contributed by atoms with Crippen LogP contribution in [0.15, 0.2) is 67.3 Å². The van der Waals surface area contributed by atoms with Crippen molar-refractivity contribution in [3.63, 3.8) is 0 Å². The lowest BCUT2D eigenvalue weighted by Crippen LogP contribution is -2.50. The molecule has 1 amide bonds. The zero-order valence-electron chi connectivity index (χ0n) is 27.2. The maximum Gasteiger partial charge on any atom is 0.232 e. The summed E-state index contributed by atoms with van der Waals surface area (Å²) in [7, 11) is -4.29. The molecule has 0 N–H and O–H groups in total. The smallest absolute Gasteiger partial charge is 0.232 e. The number of carbonyl (C=O) groups is 1. The highest BCUT2D eigenvalue weighted by atomic mass is 28.4. The van der Waals surface area contributed by atoms with Gasteiger partial charge in [0.1, 0.15) is 0 Å². The van der Waals surface area contributed by atoms with Crippen molar-refractivity contribution < 1.29 is 13.6 Å². The van der Waals surface area contributed by atoms with Crippen molar-refractivity contribution in [1.29, 1.82) is 0 Å². The Morgan fingerprint density at radius 2 is 1.46 bits per heavy atom. The summed E-state index contributed by atoms with van der Waals surface area (Å²) in [6, 6.07) is 18.9. The largest absolute Gasteiger partial charge is 0.411 e. The van der Waals surface area contributed by atoms with E-state index in [9.17, 15) is 0 Å². The third-order valence-electron chi connectivity index (χ3n) is 10.5. The van der Waals surface area contributed by atoms with E-state index in [0.29, 0.717) is 19.4 Å². The number of benzene rings is 2. The molecule has 0 aromatic heterocycles. The van der Waals surface area contributed by atoms with Crippen LogP contribution in [0.3, 0.4) is 0 Å². The first-order valence-electron chi connectivity index (χ1n) is 15.3. The number of nitrogens with zero attached hydrogens (tertiary/aromatic N) is 1. The van der Waals surface area contributed by atoms with Crippen molar-refractivity contribution in [2.24, 2.45) is 5.41 Å². The van der Waals surface area contributed by atoms with Gasteiger partial charge in [0.2, 0.25) is 5.91 Å². The summed E-state index contributed by atoms with van der Waals surface area (Å²) in [5.74, 6) is 0.176. The average Bonchev–Trinajstić information content (AvgIpc) is 3.33. The van der Waals surface area contributed by atoms with Gasteiger partial charge in [0.05, 0.1) is 23.7 Å². The molecule has 1 heterocycles. The van der Waals surface area contributed by atoms with Gasteiger partial charge in [-0.15, -0.1) is 6.58 Å². The van der Waals surface area contributed by atoms with E-state index in [1.54, 1.807) is 0 Å². The van der Waals surface area contributed by atoms with Crippen molar-refractivity contribution in [3.05, 3.63) is 83.9 Å². The average molecular weight is 592 g/mol. The third kappa shape index (κ3) is 6.08. The fraction of sp³-hybridized carbons (Fsp3) is 0.571. The Morgan fingerprint density at radius 3 is 2.05 bits per heavy atom. The number of hydrogen-bond acceptors (Lipinski definition) is 3. The topological polar surface area (TPSA) is 38.8 Å². The highest BCUT2D eigenvalue weighted by Gasteiger charge is 2.59. The van der Waals surface area contributed by atoms with E-state index < -0.39 is 22.0 Å². The van der Waals surface area contributed by atoms with Crippen LogP contribution in [0.5, 0.6) is 0 Å². The fourth-order valence-corrected chi connectivity index (χ4v) is 8.74. The number of allylic oxidation sites excluding steroid dienone is 1. The zero-order valence-corrected chi connectivity index (χ0v) is 29.2. The molecular formula is C35H53NO3Si2. The van der Waals surface area contributed by atoms with Gasteiger partial charge in [-0.25, -0.2) is 0 Å². The standard InChI is InChI=1S/C35H53NO3Si2/c1-12-22-35(24-26-18-14-13-15-19-26)30(39-41(10,11)34(5,6)7)25-36(32(35)37)31-28-21-17-16-20-27(28)23-29(31)38-40(8,9)33(2,3)4/h12-21,29-31H,1,22-25H2,2-11H3/t29-,30+,31+,35+/m1/s1.